The first-order valence-corrected chi connectivity index (χ1v) is 5.87. The summed E-state index contributed by atoms with van der Waals surface area (Å²) >= 11 is 7.26. The third kappa shape index (κ3) is 4.99. The molecule has 0 aliphatic carbocycles. The Balaban J connectivity index is 3.13. The van der Waals surface area contributed by atoms with E-state index in [0.29, 0.717) is 3.57 Å². The predicted molar refractivity (Wildman–Crippen MR) is 67.8 cm³/mol. The van der Waals surface area contributed by atoms with Gasteiger partial charge in [-0.1, -0.05) is 0 Å². The Bertz CT molecular complexity index is 437. The number of nitrogens with two attached hydrogens (primary N) is 1. The van der Waals surface area contributed by atoms with Crippen molar-refractivity contribution in [3.63, 3.8) is 0 Å². The zero-order valence-corrected chi connectivity index (χ0v) is 11.2. The summed E-state index contributed by atoms with van der Waals surface area (Å²) in [5.41, 5.74) is 5.34. The van der Waals surface area contributed by atoms with E-state index in [2.05, 4.69) is 9.73 Å². The Labute approximate surface area is 114 Å². The summed E-state index contributed by atoms with van der Waals surface area (Å²) in [6, 6.07) is 4.18. The Morgan fingerprint density at radius 3 is 2.65 bits per heavy atom. The molecule has 0 heterocycles. The van der Waals surface area contributed by atoms with Crippen LogP contribution in [0.4, 0.5) is 18.9 Å². The van der Waals surface area contributed by atoms with Gasteiger partial charge in [0.05, 0.1) is 5.88 Å². The maximum atomic E-state index is 12.1. The molecular weight excluding hydrogens is 371 g/mol. The first-order valence-electron chi connectivity index (χ1n) is 4.26. The van der Waals surface area contributed by atoms with E-state index in [1.165, 1.54) is 12.1 Å². The number of amidine groups is 1. The maximum Gasteiger partial charge on any atom is 0.573 e. The largest absolute Gasteiger partial charge is 0.573 e. The lowest BCUT2D eigenvalue weighted by atomic mass is 10.3. The van der Waals surface area contributed by atoms with Crippen molar-refractivity contribution >= 4 is 45.7 Å². The van der Waals surface area contributed by atoms with Crippen LogP contribution in [0.1, 0.15) is 0 Å². The van der Waals surface area contributed by atoms with Crippen LogP contribution < -0.4 is 10.5 Å². The molecule has 94 valence electrons. The molecule has 8 heteroatoms. The number of ether oxygens (including phenoxy) is 1. The number of rotatable bonds is 3. The summed E-state index contributed by atoms with van der Waals surface area (Å²) < 4.78 is 40.9. The van der Waals surface area contributed by atoms with E-state index in [1.54, 1.807) is 6.07 Å². The summed E-state index contributed by atoms with van der Waals surface area (Å²) in [5, 5.41) is 0. The van der Waals surface area contributed by atoms with E-state index in [-0.39, 0.29) is 17.4 Å². The van der Waals surface area contributed by atoms with Crippen molar-refractivity contribution in [3.8, 4) is 5.75 Å². The lowest BCUT2D eigenvalue weighted by Gasteiger charge is -2.11. The second-order valence-electron chi connectivity index (χ2n) is 2.90. The number of halogens is 5. The number of aliphatic imine (C=N–C) groups is 1. The number of alkyl halides is 4. The monoisotopic (exact) mass is 378 g/mol. The summed E-state index contributed by atoms with van der Waals surface area (Å²) in [5.74, 6) is -0.463. The van der Waals surface area contributed by atoms with Gasteiger partial charge in [0.1, 0.15) is 11.5 Å². The Morgan fingerprint density at radius 1 is 1.47 bits per heavy atom. The van der Waals surface area contributed by atoms with Gasteiger partial charge < -0.3 is 10.5 Å². The van der Waals surface area contributed by atoms with E-state index in [4.69, 9.17) is 17.3 Å². The van der Waals surface area contributed by atoms with E-state index >= 15 is 0 Å². The van der Waals surface area contributed by atoms with Crippen LogP contribution in [0.3, 0.4) is 0 Å². The average Bonchev–Trinajstić information content (AvgIpc) is 2.19. The second kappa shape index (κ2) is 5.76. The predicted octanol–water partition coefficient (Wildman–Crippen LogP) is 3.42. The fourth-order valence-corrected chi connectivity index (χ4v) is 1.49. The third-order valence-electron chi connectivity index (χ3n) is 1.55. The highest BCUT2D eigenvalue weighted by atomic mass is 127. The van der Waals surface area contributed by atoms with Gasteiger partial charge in [-0.2, -0.15) is 0 Å². The van der Waals surface area contributed by atoms with Gasteiger partial charge in [0.15, 0.2) is 5.75 Å². The maximum absolute atomic E-state index is 12.1. The highest BCUT2D eigenvalue weighted by Gasteiger charge is 2.32. The molecule has 0 saturated carbocycles. The lowest BCUT2D eigenvalue weighted by Crippen LogP contribution is -2.18. The van der Waals surface area contributed by atoms with Crippen molar-refractivity contribution in [3.05, 3.63) is 21.8 Å². The molecule has 2 N–H and O–H groups in total. The van der Waals surface area contributed by atoms with Gasteiger partial charge in [-0.15, -0.1) is 24.8 Å². The fraction of sp³-hybridized carbons (Fsp3) is 0.222. The van der Waals surface area contributed by atoms with Crippen molar-refractivity contribution in [1.82, 2.24) is 0 Å². The van der Waals surface area contributed by atoms with Crippen LogP contribution in [-0.4, -0.2) is 18.1 Å². The molecule has 1 rings (SSSR count). The molecule has 17 heavy (non-hydrogen) atoms. The molecule has 0 amide bonds. The van der Waals surface area contributed by atoms with Crippen molar-refractivity contribution in [1.29, 1.82) is 0 Å². The van der Waals surface area contributed by atoms with Gasteiger partial charge >= 0.3 is 6.36 Å². The van der Waals surface area contributed by atoms with Gasteiger partial charge in [0.25, 0.3) is 0 Å². The molecule has 0 unspecified atom stereocenters. The van der Waals surface area contributed by atoms with Crippen LogP contribution in [-0.2, 0) is 0 Å². The third-order valence-corrected chi connectivity index (χ3v) is 2.49. The van der Waals surface area contributed by atoms with Crippen molar-refractivity contribution in [2.24, 2.45) is 10.7 Å². The molecule has 0 atom stereocenters. The zero-order chi connectivity index (χ0) is 13.1. The second-order valence-corrected chi connectivity index (χ2v) is 4.41. The molecule has 0 aliphatic rings. The number of nitrogens with zero attached hydrogens (tertiary/aromatic N) is 1. The fourth-order valence-electron chi connectivity index (χ4n) is 0.971. The van der Waals surface area contributed by atoms with Gasteiger partial charge in [-0.25, -0.2) is 4.99 Å². The van der Waals surface area contributed by atoms with E-state index in [9.17, 15) is 13.2 Å². The molecule has 0 fully saturated rings. The minimum atomic E-state index is -4.77. The topological polar surface area (TPSA) is 47.6 Å². The molecule has 0 saturated heterocycles. The Kier molecular flexibility index (Phi) is 4.87. The molecule has 0 bridgehead atoms. The summed E-state index contributed by atoms with van der Waals surface area (Å²) in [7, 11) is 0. The van der Waals surface area contributed by atoms with E-state index in [0.717, 1.165) is 0 Å². The lowest BCUT2D eigenvalue weighted by molar-refractivity contribution is -0.274. The van der Waals surface area contributed by atoms with Crippen molar-refractivity contribution in [2.75, 3.05) is 5.88 Å². The standard InChI is InChI=1S/C9H7ClF3IN2O/c10-4-8(15)16-6-2-1-5(14)3-7(6)17-9(11,12)13/h1-3H,4H2,(H2,15,16). The molecule has 0 radical (unpaired) electrons. The molecule has 1 aromatic rings. The molecule has 3 nitrogen and oxygen atoms in total. The van der Waals surface area contributed by atoms with Crippen LogP contribution in [0.5, 0.6) is 5.75 Å². The van der Waals surface area contributed by atoms with Gasteiger partial charge in [0, 0.05) is 3.57 Å². The average molecular weight is 379 g/mol. The Hall–Kier alpha value is -0.700. The molecule has 0 spiro atoms. The highest BCUT2D eigenvalue weighted by Crippen LogP contribution is 2.33. The quantitative estimate of drug-likeness (QED) is 0.379. The highest BCUT2D eigenvalue weighted by molar-refractivity contribution is 14.1. The SMILES string of the molecule is NC(CCl)=Nc1ccc(I)cc1OC(F)(F)F. The molecular formula is C9H7ClF3IN2O. The van der Waals surface area contributed by atoms with Crippen LogP contribution >= 0.6 is 34.2 Å². The minimum absolute atomic E-state index is 0.0131. The number of hydrogen-bond acceptors (Lipinski definition) is 2. The first-order chi connectivity index (χ1) is 7.81. The van der Waals surface area contributed by atoms with Crippen LogP contribution in [0.15, 0.2) is 23.2 Å². The normalized spacial score (nSPS) is 12.6. The van der Waals surface area contributed by atoms with Crippen LogP contribution in [0.25, 0.3) is 0 Å². The van der Waals surface area contributed by atoms with Crippen LogP contribution in [0, 0.1) is 3.57 Å². The summed E-state index contributed by atoms with van der Waals surface area (Å²) in [6.45, 7) is 0. The van der Waals surface area contributed by atoms with Crippen molar-refractivity contribution in [2.45, 2.75) is 6.36 Å². The first kappa shape index (κ1) is 14.4. The zero-order valence-electron chi connectivity index (χ0n) is 8.26. The van der Waals surface area contributed by atoms with Crippen molar-refractivity contribution < 1.29 is 17.9 Å². The smallest absolute Gasteiger partial charge is 0.403 e. The van der Waals surface area contributed by atoms with E-state index in [1.807, 2.05) is 22.6 Å². The molecule has 0 aliphatic heterocycles. The molecule has 1 aromatic carbocycles. The van der Waals surface area contributed by atoms with Crippen LogP contribution in [0.2, 0.25) is 0 Å². The van der Waals surface area contributed by atoms with E-state index < -0.39 is 12.1 Å². The summed E-state index contributed by atoms with van der Waals surface area (Å²) in [4.78, 5) is 3.74. The summed E-state index contributed by atoms with van der Waals surface area (Å²) in [6.07, 6.45) is -4.77. The number of hydrogen-bond donors (Lipinski definition) is 1. The van der Waals surface area contributed by atoms with Gasteiger partial charge in [-0.05, 0) is 40.8 Å². The Morgan fingerprint density at radius 2 is 2.12 bits per heavy atom. The van der Waals surface area contributed by atoms with Gasteiger partial charge in [-0.3, -0.25) is 0 Å². The van der Waals surface area contributed by atoms with Gasteiger partial charge in [0.2, 0.25) is 0 Å². The molecule has 0 aromatic heterocycles. The number of benzene rings is 1. The minimum Gasteiger partial charge on any atom is -0.403 e.